The summed E-state index contributed by atoms with van der Waals surface area (Å²) in [7, 11) is 6.52. The lowest BCUT2D eigenvalue weighted by atomic mass is 9.64. The molecular weight excluding hydrogens is 426 g/mol. The maximum atomic E-state index is 3.75. The van der Waals surface area contributed by atoms with Crippen molar-refractivity contribution in [3.8, 4) is 11.1 Å². The molecule has 2 fully saturated rings. The Morgan fingerprint density at radius 2 is 1.44 bits per heavy atom. The molecule has 2 saturated heterocycles. The second-order valence-corrected chi connectivity index (χ2v) is 12.2. The van der Waals surface area contributed by atoms with E-state index in [0.717, 1.165) is 32.3 Å². The number of benzene rings is 2. The summed E-state index contributed by atoms with van der Waals surface area (Å²) in [5.41, 5.74) is 7.48. The predicted molar refractivity (Wildman–Crippen MR) is 147 cm³/mol. The van der Waals surface area contributed by atoms with Crippen LogP contribution in [-0.4, -0.2) is 26.2 Å². The average Bonchev–Trinajstić information content (AvgIpc) is 2.83. The second-order valence-electron chi connectivity index (χ2n) is 10.9. The Kier molecular flexibility index (Phi) is 7.78. The van der Waals surface area contributed by atoms with Gasteiger partial charge in [0.25, 0.3) is 0 Å². The molecule has 0 radical (unpaired) electrons. The number of hydrogen-bond donors (Lipinski definition) is 2. The van der Waals surface area contributed by atoms with Gasteiger partial charge in [-0.25, -0.2) is 0 Å². The van der Waals surface area contributed by atoms with Crippen LogP contribution in [0.15, 0.2) is 42.5 Å². The van der Waals surface area contributed by atoms with Crippen LogP contribution in [0.25, 0.3) is 11.1 Å². The Morgan fingerprint density at radius 3 is 1.91 bits per heavy atom. The van der Waals surface area contributed by atoms with E-state index in [2.05, 4.69) is 92.3 Å². The largest absolute Gasteiger partial charge is 0.316 e. The lowest BCUT2D eigenvalue weighted by Crippen LogP contribution is -2.50. The van der Waals surface area contributed by atoms with Crippen LogP contribution in [0.4, 0.5) is 0 Å². The average molecular weight is 469 g/mol. The molecule has 4 atom stereocenters. The van der Waals surface area contributed by atoms with Crippen molar-refractivity contribution in [3.63, 3.8) is 0 Å². The summed E-state index contributed by atoms with van der Waals surface area (Å²) >= 11 is 0. The Morgan fingerprint density at radius 1 is 0.844 bits per heavy atom. The predicted octanol–water partition coefficient (Wildman–Crippen LogP) is 6.10. The lowest BCUT2D eigenvalue weighted by Gasteiger charge is -2.50. The molecule has 4 unspecified atom stereocenters. The minimum atomic E-state index is 0.0579. The summed E-state index contributed by atoms with van der Waals surface area (Å²) in [5.74, 6) is 1.27. The van der Waals surface area contributed by atoms with E-state index in [1.54, 1.807) is 11.1 Å². The van der Waals surface area contributed by atoms with E-state index in [0.29, 0.717) is 11.8 Å². The van der Waals surface area contributed by atoms with Crippen LogP contribution in [0.2, 0.25) is 0 Å². The van der Waals surface area contributed by atoms with Crippen LogP contribution >= 0.6 is 18.5 Å². The summed E-state index contributed by atoms with van der Waals surface area (Å²) in [4.78, 5) is 0. The second kappa shape index (κ2) is 10.2. The van der Waals surface area contributed by atoms with Gasteiger partial charge in [-0.1, -0.05) is 63.2 Å². The van der Waals surface area contributed by atoms with E-state index in [4.69, 9.17) is 0 Å². The SMILES string of the molecule is CC(C)(C)c1c(-c2ccccc2)ccc(CP)c1C(P)(C1CCCNC1)C1CCCNC1. The fourth-order valence-corrected chi connectivity index (χ4v) is 7.45. The van der Waals surface area contributed by atoms with Gasteiger partial charge in [0.2, 0.25) is 0 Å². The lowest BCUT2D eigenvalue weighted by molar-refractivity contribution is 0.191. The zero-order chi connectivity index (χ0) is 22.8. The van der Waals surface area contributed by atoms with Crippen molar-refractivity contribution < 1.29 is 0 Å². The molecule has 2 aliphatic rings. The molecule has 2 nitrogen and oxygen atoms in total. The van der Waals surface area contributed by atoms with Crippen molar-refractivity contribution in [2.75, 3.05) is 26.2 Å². The van der Waals surface area contributed by atoms with Gasteiger partial charge in [0.1, 0.15) is 0 Å². The molecule has 174 valence electrons. The van der Waals surface area contributed by atoms with Crippen LogP contribution in [0.3, 0.4) is 0 Å². The van der Waals surface area contributed by atoms with E-state index in [9.17, 15) is 0 Å². The maximum Gasteiger partial charge on any atom is 0.0184 e. The Balaban J connectivity index is 2.01. The van der Waals surface area contributed by atoms with Crippen LogP contribution in [0.1, 0.15) is 63.1 Å². The molecule has 0 aromatic heterocycles. The zero-order valence-electron chi connectivity index (χ0n) is 20.2. The number of nitrogens with one attached hydrogen (secondary N) is 2. The topological polar surface area (TPSA) is 24.1 Å². The highest BCUT2D eigenvalue weighted by molar-refractivity contribution is 7.18. The third kappa shape index (κ3) is 4.72. The van der Waals surface area contributed by atoms with E-state index < -0.39 is 0 Å². The third-order valence-corrected chi connectivity index (χ3v) is 9.40. The molecular formula is C28H42N2P2. The molecule has 2 heterocycles. The molecule has 0 spiro atoms. The normalized spacial score (nSPS) is 24.2. The molecule has 0 amide bonds. The standard InChI is InChI=1S/C28H42N2P2/c1-27(2,3)26-24(20-9-5-4-6-10-20)14-13-21(19-31)25(26)28(32,22-11-7-15-29-17-22)23-12-8-16-30-18-23/h4-6,9-10,13-14,22-23,29-30H,7-8,11-12,15-19,31-32H2,1-3H3. The molecule has 32 heavy (non-hydrogen) atoms. The molecule has 0 bridgehead atoms. The summed E-state index contributed by atoms with van der Waals surface area (Å²) in [6.45, 7) is 11.8. The van der Waals surface area contributed by atoms with Gasteiger partial charge in [-0.15, -0.1) is 18.5 Å². The highest BCUT2D eigenvalue weighted by Gasteiger charge is 2.47. The van der Waals surface area contributed by atoms with Crippen LogP contribution in [0.5, 0.6) is 0 Å². The molecule has 4 rings (SSSR count). The first-order valence-corrected chi connectivity index (χ1v) is 13.9. The van der Waals surface area contributed by atoms with Gasteiger partial charge in [-0.2, -0.15) is 0 Å². The Labute approximate surface area is 200 Å². The highest BCUT2D eigenvalue weighted by Crippen LogP contribution is 2.55. The fraction of sp³-hybridized carbons (Fsp3) is 0.571. The van der Waals surface area contributed by atoms with Gasteiger partial charge in [0.15, 0.2) is 0 Å². The summed E-state index contributed by atoms with van der Waals surface area (Å²) in [5, 5.41) is 7.57. The number of piperidine rings is 2. The highest BCUT2D eigenvalue weighted by atomic mass is 31.0. The first kappa shape index (κ1) is 24.3. The van der Waals surface area contributed by atoms with Crippen molar-refractivity contribution in [2.45, 2.75) is 63.2 Å². The van der Waals surface area contributed by atoms with Gasteiger partial charge in [-0.05, 0) is 103 Å². The van der Waals surface area contributed by atoms with E-state index in [-0.39, 0.29) is 10.6 Å². The van der Waals surface area contributed by atoms with Crippen molar-refractivity contribution in [2.24, 2.45) is 11.8 Å². The summed E-state index contributed by atoms with van der Waals surface area (Å²) < 4.78 is 0. The van der Waals surface area contributed by atoms with Crippen molar-refractivity contribution >= 4 is 18.5 Å². The van der Waals surface area contributed by atoms with Crippen LogP contribution in [-0.2, 0) is 16.7 Å². The Bertz CT molecular complexity index is 874. The number of hydrogen-bond acceptors (Lipinski definition) is 2. The molecule has 0 aliphatic carbocycles. The van der Waals surface area contributed by atoms with Crippen LogP contribution < -0.4 is 10.6 Å². The molecule has 2 aliphatic heterocycles. The van der Waals surface area contributed by atoms with Crippen LogP contribution in [0, 0.1) is 11.8 Å². The van der Waals surface area contributed by atoms with Gasteiger partial charge < -0.3 is 10.6 Å². The van der Waals surface area contributed by atoms with E-state index >= 15 is 0 Å². The van der Waals surface area contributed by atoms with Crippen molar-refractivity contribution in [1.82, 2.24) is 10.6 Å². The van der Waals surface area contributed by atoms with Crippen molar-refractivity contribution in [1.29, 1.82) is 0 Å². The minimum Gasteiger partial charge on any atom is -0.316 e. The first-order chi connectivity index (χ1) is 15.4. The van der Waals surface area contributed by atoms with Gasteiger partial charge in [0.05, 0.1) is 0 Å². The quantitative estimate of drug-likeness (QED) is 0.519. The van der Waals surface area contributed by atoms with Crippen molar-refractivity contribution in [3.05, 3.63) is 59.2 Å². The summed E-state index contributed by atoms with van der Waals surface area (Å²) in [6, 6.07) is 15.9. The van der Waals surface area contributed by atoms with Gasteiger partial charge >= 0.3 is 0 Å². The molecule has 2 aromatic carbocycles. The first-order valence-electron chi connectivity index (χ1n) is 12.5. The summed E-state index contributed by atoms with van der Waals surface area (Å²) in [6.07, 6.45) is 6.18. The monoisotopic (exact) mass is 468 g/mol. The van der Waals surface area contributed by atoms with Gasteiger partial charge in [0, 0.05) is 5.16 Å². The maximum absolute atomic E-state index is 3.75. The number of rotatable bonds is 5. The fourth-order valence-electron chi connectivity index (χ4n) is 6.21. The zero-order valence-corrected chi connectivity index (χ0v) is 22.5. The van der Waals surface area contributed by atoms with E-state index in [1.165, 1.54) is 42.4 Å². The molecule has 4 heteroatoms. The molecule has 2 N–H and O–H groups in total. The van der Waals surface area contributed by atoms with Gasteiger partial charge in [-0.3, -0.25) is 0 Å². The molecule has 2 aromatic rings. The molecule has 0 saturated carbocycles. The van der Waals surface area contributed by atoms with E-state index in [1.807, 2.05) is 0 Å². The Hall–Kier alpha value is -0.780. The third-order valence-electron chi connectivity index (χ3n) is 7.72. The minimum absolute atomic E-state index is 0.0579. The smallest absolute Gasteiger partial charge is 0.0184 e.